The molecule has 6 nitrogen and oxygen atoms in total. The second-order valence-corrected chi connectivity index (χ2v) is 7.82. The second kappa shape index (κ2) is 5.81. The highest BCUT2D eigenvalue weighted by molar-refractivity contribution is 7.92. The Morgan fingerprint density at radius 2 is 1.78 bits per heavy atom. The summed E-state index contributed by atoms with van der Waals surface area (Å²) < 4.78 is 66.1. The van der Waals surface area contributed by atoms with Gasteiger partial charge in [0.25, 0.3) is 15.8 Å². The van der Waals surface area contributed by atoms with Crippen LogP contribution in [0.3, 0.4) is 0 Å². The third-order valence-corrected chi connectivity index (χ3v) is 5.64. The Labute approximate surface area is 152 Å². The van der Waals surface area contributed by atoms with Crippen molar-refractivity contribution in [3.63, 3.8) is 0 Å². The van der Waals surface area contributed by atoms with Gasteiger partial charge in [-0.05, 0) is 40.8 Å². The van der Waals surface area contributed by atoms with E-state index >= 15 is 0 Å². The Balaban J connectivity index is 1.66. The van der Waals surface area contributed by atoms with Crippen molar-refractivity contribution in [3.8, 4) is 11.1 Å². The monoisotopic (exact) mass is 394 g/mol. The van der Waals surface area contributed by atoms with E-state index in [4.69, 9.17) is 0 Å². The van der Waals surface area contributed by atoms with Gasteiger partial charge in [-0.25, -0.2) is 17.8 Å². The molecule has 2 aromatic carbocycles. The van der Waals surface area contributed by atoms with Gasteiger partial charge in [0.1, 0.15) is 0 Å². The molecule has 0 amide bonds. The zero-order valence-electron chi connectivity index (χ0n) is 13.9. The van der Waals surface area contributed by atoms with E-state index in [1.54, 1.807) is 6.07 Å². The van der Waals surface area contributed by atoms with Gasteiger partial charge in [0, 0.05) is 7.05 Å². The highest BCUT2D eigenvalue weighted by atomic mass is 32.2. The fourth-order valence-electron chi connectivity index (χ4n) is 3.06. The number of aromatic nitrogens is 3. The van der Waals surface area contributed by atoms with Crippen molar-refractivity contribution in [2.24, 2.45) is 7.05 Å². The molecule has 10 heteroatoms. The van der Waals surface area contributed by atoms with Crippen LogP contribution in [0.5, 0.6) is 0 Å². The van der Waals surface area contributed by atoms with Crippen molar-refractivity contribution in [2.75, 3.05) is 4.72 Å². The molecule has 0 saturated heterocycles. The Kier molecular flexibility index (Phi) is 3.77. The predicted molar refractivity (Wildman–Crippen MR) is 91.5 cm³/mol. The van der Waals surface area contributed by atoms with Crippen molar-refractivity contribution in [1.82, 2.24) is 14.8 Å². The normalized spacial score (nSPS) is 13.3. The largest absolute Gasteiger partial charge is 0.453 e. The number of alkyl halides is 3. The van der Waals surface area contributed by atoms with Crippen molar-refractivity contribution >= 4 is 16.0 Å². The first-order chi connectivity index (χ1) is 12.6. The summed E-state index contributed by atoms with van der Waals surface area (Å²) in [6.45, 7) is 0. The Morgan fingerprint density at radius 1 is 1.07 bits per heavy atom. The van der Waals surface area contributed by atoms with Crippen molar-refractivity contribution in [2.45, 2.75) is 17.5 Å². The molecule has 0 saturated carbocycles. The molecule has 140 valence electrons. The third-order valence-electron chi connectivity index (χ3n) is 4.32. The number of hydrogen-bond acceptors (Lipinski definition) is 4. The van der Waals surface area contributed by atoms with Gasteiger partial charge in [-0.2, -0.15) is 18.2 Å². The average molecular weight is 394 g/mol. The topological polar surface area (TPSA) is 76.9 Å². The smallest absolute Gasteiger partial charge is 0.247 e. The number of benzene rings is 2. The van der Waals surface area contributed by atoms with E-state index in [0.717, 1.165) is 26.9 Å². The molecule has 0 atom stereocenters. The highest BCUT2D eigenvalue weighted by Crippen LogP contribution is 2.37. The number of nitrogens with zero attached hydrogens (tertiary/aromatic N) is 3. The van der Waals surface area contributed by atoms with Crippen LogP contribution in [0.2, 0.25) is 0 Å². The lowest BCUT2D eigenvalue weighted by Gasteiger charge is -2.08. The first kappa shape index (κ1) is 17.5. The van der Waals surface area contributed by atoms with Gasteiger partial charge >= 0.3 is 6.18 Å². The lowest BCUT2D eigenvalue weighted by Crippen LogP contribution is -2.16. The Hall–Kier alpha value is -2.88. The van der Waals surface area contributed by atoms with Crippen LogP contribution in [0.25, 0.3) is 11.1 Å². The van der Waals surface area contributed by atoms with Crippen molar-refractivity contribution in [3.05, 3.63) is 59.4 Å². The quantitative estimate of drug-likeness (QED) is 0.579. The molecule has 1 aliphatic rings. The maximum Gasteiger partial charge on any atom is 0.453 e. The molecule has 0 fully saturated rings. The number of sulfonamides is 1. The minimum atomic E-state index is -4.76. The number of fused-ring (bicyclic) bond motifs is 3. The molecular weight excluding hydrogens is 381 g/mol. The van der Waals surface area contributed by atoms with Crippen molar-refractivity contribution < 1.29 is 21.6 Å². The van der Waals surface area contributed by atoms with Crippen LogP contribution in [0.4, 0.5) is 19.1 Å². The van der Waals surface area contributed by atoms with Gasteiger partial charge in [0.2, 0.25) is 5.95 Å². The molecular formula is C17H13F3N4O2S. The standard InChI is InChI=1S/C17H13F3N4O2S/c1-24-16(21-15(22-24)17(18,19)20)23-27(25,26)12-6-7-14-11(9-12)8-10-4-2-3-5-13(10)14/h2-7,9H,8H2,1H3,(H,21,22,23). The van der Waals surface area contributed by atoms with Crippen LogP contribution < -0.4 is 4.72 Å². The number of anilines is 1. The molecule has 0 spiro atoms. The maximum atomic E-state index is 12.7. The lowest BCUT2D eigenvalue weighted by atomic mass is 10.1. The summed E-state index contributed by atoms with van der Waals surface area (Å²) in [4.78, 5) is 3.18. The fourth-order valence-corrected chi connectivity index (χ4v) is 4.14. The van der Waals surface area contributed by atoms with Crippen LogP contribution in [-0.4, -0.2) is 23.2 Å². The van der Waals surface area contributed by atoms with E-state index < -0.39 is 28.0 Å². The number of halogens is 3. The molecule has 0 unspecified atom stereocenters. The number of rotatable bonds is 3. The molecule has 1 N–H and O–H groups in total. The SMILES string of the molecule is Cn1nc(C(F)(F)F)nc1NS(=O)(=O)c1ccc2c(c1)Cc1ccccc1-2. The van der Waals surface area contributed by atoms with E-state index in [1.165, 1.54) is 19.2 Å². The number of aryl methyl sites for hydroxylation is 1. The Morgan fingerprint density at radius 3 is 2.48 bits per heavy atom. The Bertz CT molecular complexity index is 1150. The summed E-state index contributed by atoms with van der Waals surface area (Å²) in [6.07, 6.45) is -4.17. The molecule has 0 aliphatic heterocycles. The van der Waals surface area contributed by atoms with E-state index in [1.807, 2.05) is 24.3 Å². The lowest BCUT2D eigenvalue weighted by molar-refractivity contribution is -0.144. The molecule has 1 aromatic heterocycles. The molecule has 0 radical (unpaired) electrons. The zero-order chi connectivity index (χ0) is 19.4. The summed E-state index contributed by atoms with van der Waals surface area (Å²) in [5.41, 5.74) is 3.93. The number of nitrogens with one attached hydrogen (secondary N) is 1. The van der Waals surface area contributed by atoms with Gasteiger partial charge < -0.3 is 0 Å². The minimum absolute atomic E-state index is 0.0504. The van der Waals surface area contributed by atoms with Crippen LogP contribution in [0.15, 0.2) is 47.4 Å². The third kappa shape index (κ3) is 3.05. The summed E-state index contributed by atoms with van der Waals surface area (Å²) in [7, 11) is -2.94. The summed E-state index contributed by atoms with van der Waals surface area (Å²) in [5, 5.41) is 3.20. The molecule has 3 aromatic rings. The summed E-state index contributed by atoms with van der Waals surface area (Å²) >= 11 is 0. The summed E-state index contributed by atoms with van der Waals surface area (Å²) in [6, 6.07) is 12.4. The average Bonchev–Trinajstić information content (AvgIpc) is 3.14. The first-order valence-electron chi connectivity index (χ1n) is 7.87. The molecule has 0 bridgehead atoms. The van der Waals surface area contributed by atoms with Crippen LogP contribution >= 0.6 is 0 Å². The van der Waals surface area contributed by atoms with E-state index in [-0.39, 0.29) is 4.90 Å². The predicted octanol–water partition coefficient (Wildman–Crippen LogP) is 3.21. The zero-order valence-corrected chi connectivity index (χ0v) is 14.8. The van der Waals surface area contributed by atoms with Crippen LogP contribution in [0, 0.1) is 0 Å². The maximum absolute atomic E-state index is 12.7. The van der Waals surface area contributed by atoms with Gasteiger partial charge in [-0.1, -0.05) is 30.3 Å². The van der Waals surface area contributed by atoms with Gasteiger partial charge in [-0.15, -0.1) is 5.10 Å². The van der Waals surface area contributed by atoms with Gasteiger partial charge in [0.15, 0.2) is 0 Å². The second-order valence-electron chi connectivity index (χ2n) is 6.14. The van der Waals surface area contributed by atoms with Crippen molar-refractivity contribution in [1.29, 1.82) is 0 Å². The molecule has 1 aliphatic carbocycles. The fraction of sp³-hybridized carbons (Fsp3) is 0.176. The van der Waals surface area contributed by atoms with Gasteiger partial charge in [0.05, 0.1) is 4.90 Å². The first-order valence-corrected chi connectivity index (χ1v) is 9.36. The summed E-state index contributed by atoms with van der Waals surface area (Å²) in [5.74, 6) is -1.92. The van der Waals surface area contributed by atoms with Crippen LogP contribution in [0.1, 0.15) is 17.0 Å². The van der Waals surface area contributed by atoms with E-state index in [9.17, 15) is 21.6 Å². The van der Waals surface area contributed by atoms with E-state index in [0.29, 0.717) is 6.42 Å². The molecule has 4 rings (SSSR count). The molecule has 1 heterocycles. The van der Waals surface area contributed by atoms with E-state index in [2.05, 4.69) is 14.8 Å². The minimum Gasteiger partial charge on any atom is -0.247 e. The molecule has 27 heavy (non-hydrogen) atoms. The van der Waals surface area contributed by atoms with Crippen LogP contribution in [-0.2, 0) is 29.7 Å². The number of hydrogen-bond donors (Lipinski definition) is 1. The highest BCUT2D eigenvalue weighted by Gasteiger charge is 2.37. The van der Waals surface area contributed by atoms with Gasteiger partial charge in [-0.3, -0.25) is 0 Å².